The van der Waals surface area contributed by atoms with Crippen molar-refractivity contribution in [3.8, 4) is 0 Å². The van der Waals surface area contributed by atoms with Crippen molar-refractivity contribution >= 4 is 10.0 Å². The number of nitrogens with zero attached hydrogens (tertiary/aromatic N) is 1. The number of nitrogens with one attached hydrogen (secondary N) is 1. The van der Waals surface area contributed by atoms with Gasteiger partial charge in [0.1, 0.15) is 5.82 Å². The molecule has 0 saturated carbocycles. The molecule has 6 nitrogen and oxygen atoms in total. The first-order chi connectivity index (χ1) is 11.8. The Labute approximate surface area is 148 Å². The minimum atomic E-state index is -3.91. The number of ether oxygens (including phenoxy) is 1. The van der Waals surface area contributed by atoms with Crippen LogP contribution < -0.4 is 4.72 Å². The zero-order valence-electron chi connectivity index (χ0n) is 14.3. The number of sulfonamides is 1. The van der Waals surface area contributed by atoms with Gasteiger partial charge >= 0.3 is 0 Å². The lowest BCUT2D eigenvalue weighted by atomic mass is 9.98. The lowest BCUT2D eigenvalue weighted by Crippen LogP contribution is -2.47. The topological polar surface area (TPSA) is 78.9 Å². The molecule has 140 valence electrons. The maximum Gasteiger partial charge on any atom is 0.241 e. The van der Waals surface area contributed by atoms with E-state index in [4.69, 9.17) is 4.74 Å². The van der Waals surface area contributed by atoms with E-state index in [9.17, 15) is 17.9 Å². The maximum absolute atomic E-state index is 13.3. The van der Waals surface area contributed by atoms with Crippen LogP contribution in [-0.4, -0.2) is 62.9 Å². The van der Waals surface area contributed by atoms with Crippen molar-refractivity contribution in [2.45, 2.75) is 42.9 Å². The average molecular weight is 372 g/mol. The van der Waals surface area contributed by atoms with E-state index in [1.165, 1.54) is 18.2 Å². The smallest absolute Gasteiger partial charge is 0.241 e. The van der Waals surface area contributed by atoms with E-state index < -0.39 is 34.1 Å². The third-order valence-electron chi connectivity index (χ3n) is 5.01. The van der Waals surface area contributed by atoms with Gasteiger partial charge in [-0.2, -0.15) is 0 Å². The van der Waals surface area contributed by atoms with Crippen molar-refractivity contribution in [2.75, 3.05) is 26.2 Å². The zero-order chi connectivity index (χ0) is 18.0. The third-order valence-corrected chi connectivity index (χ3v) is 6.50. The van der Waals surface area contributed by atoms with Crippen LogP contribution in [-0.2, 0) is 14.8 Å². The van der Waals surface area contributed by atoms with Gasteiger partial charge in [-0.25, -0.2) is 17.5 Å². The minimum Gasteiger partial charge on any atom is -0.389 e. The SMILES string of the molecule is CC1CCN(C[C@@H]2OC[C@H](NS(=O)(=O)c3cccc(F)c3)[C@H]2O)CC1. The summed E-state index contributed by atoms with van der Waals surface area (Å²) in [5, 5.41) is 10.4. The fourth-order valence-electron chi connectivity index (χ4n) is 3.35. The van der Waals surface area contributed by atoms with E-state index in [0.29, 0.717) is 6.54 Å². The quantitative estimate of drug-likeness (QED) is 0.805. The first kappa shape index (κ1) is 18.7. The highest BCUT2D eigenvalue weighted by Gasteiger charge is 2.39. The summed E-state index contributed by atoms with van der Waals surface area (Å²) < 4.78 is 46.0. The molecule has 1 aromatic carbocycles. The lowest BCUT2D eigenvalue weighted by Gasteiger charge is -2.32. The largest absolute Gasteiger partial charge is 0.389 e. The van der Waals surface area contributed by atoms with Crippen LogP contribution in [0.25, 0.3) is 0 Å². The summed E-state index contributed by atoms with van der Waals surface area (Å²) in [7, 11) is -3.91. The summed E-state index contributed by atoms with van der Waals surface area (Å²) in [4.78, 5) is 2.09. The van der Waals surface area contributed by atoms with Gasteiger partial charge in [-0.15, -0.1) is 0 Å². The van der Waals surface area contributed by atoms with E-state index in [-0.39, 0.29) is 11.5 Å². The molecule has 2 aliphatic rings. The highest BCUT2D eigenvalue weighted by molar-refractivity contribution is 7.89. The Kier molecular flexibility index (Phi) is 5.75. The van der Waals surface area contributed by atoms with E-state index in [1.807, 2.05) is 0 Å². The Hall–Kier alpha value is -1.06. The van der Waals surface area contributed by atoms with Crippen LogP contribution in [0.2, 0.25) is 0 Å². The highest BCUT2D eigenvalue weighted by atomic mass is 32.2. The second-order valence-corrected chi connectivity index (χ2v) is 8.74. The molecule has 2 N–H and O–H groups in total. The van der Waals surface area contributed by atoms with E-state index >= 15 is 0 Å². The number of hydrogen-bond acceptors (Lipinski definition) is 5. The van der Waals surface area contributed by atoms with Crippen LogP contribution in [0, 0.1) is 11.7 Å². The monoisotopic (exact) mass is 372 g/mol. The standard InChI is InChI=1S/C17H25FN2O4S/c1-12-5-7-20(8-6-12)10-16-17(21)15(11-24-16)19-25(22,23)14-4-2-3-13(18)9-14/h2-4,9,12,15-17,19,21H,5-8,10-11H2,1H3/t15-,16-,17+/m0/s1. The predicted octanol–water partition coefficient (Wildman–Crippen LogP) is 0.964. The Morgan fingerprint density at radius 3 is 2.76 bits per heavy atom. The zero-order valence-corrected chi connectivity index (χ0v) is 15.1. The minimum absolute atomic E-state index is 0.102. The van der Waals surface area contributed by atoms with Crippen molar-refractivity contribution in [2.24, 2.45) is 5.92 Å². The van der Waals surface area contributed by atoms with Gasteiger partial charge < -0.3 is 14.7 Å². The molecule has 3 rings (SSSR count). The molecule has 2 saturated heterocycles. The summed E-state index contributed by atoms with van der Waals surface area (Å²) in [5.74, 6) is 0.0970. The third kappa shape index (κ3) is 4.57. The van der Waals surface area contributed by atoms with Crippen LogP contribution in [0.1, 0.15) is 19.8 Å². The molecule has 0 aliphatic carbocycles. The van der Waals surface area contributed by atoms with E-state index in [1.54, 1.807) is 0 Å². The van der Waals surface area contributed by atoms with Crippen LogP contribution in [0.3, 0.4) is 0 Å². The molecule has 0 aromatic heterocycles. The molecular weight excluding hydrogens is 347 g/mol. The van der Waals surface area contributed by atoms with Gasteiger partial charge in [0.15, 0.2) is 0 Å². The molecule has 0 bridgehead atoms. The Morgan fingerprint density at radius 2 is 2.08 bits per heavy atom. The highest BCUT2D eigenvalue weighted by Crippen LogP contribution is 2.22. The van der Waals surface area contributed by atoms with Gasteiger partial charge in [-0.05, 0) is 50.0 Å². The number of aliphatic hydroxyl groups excluding tert-OH is 1. The summed E-state index contributed by atoms with van der Waals surface area (Å²) in [6.45, 7) is 4.85. The Morgan fingerprint density at radius 1 is 1.36 bits per heavy atom. The number of piperidine rings is 1. The molecular formula is C17H25FN2O4S. The molecule has 25 heavy (non-hydrogen) atoms. The molecule has 0 spiro atoms. The molecule has 1 aromatic rings. The number of rotatable bonds is 5. The normalized spacial score (nSPS) is 29.2. The van der Waals surface area contributed by atoms with Crippen molar-refractivity contribution < 1.29 is 22.7 Å². The second kappa shape index (κ2) is 7.67. The average Bonchev–Trinajstić information content (AvgIpc) is 2.90. The van der Waals surface area contributed by atoms with Crippen LogP contribution in [0.4, 0.5) is 4.39 Å². The number of aliphatic hydroxyl groups is 1. The predicted molar refractivity (Wildman–Crippen MR) is 91.1 cm³/mol. The van der Waals surface area contributed by atoms with Gasteiger partial charge in [-0.1, -0.05) is 13.0 Å². The molecule has 2 heterocycles. The first-order valence-corrected chi connectivity index (χ1v) is 10.1. The van der Waals surface area contributed by atoms with Crippen molar-refractivity contribution in [1.29, 1.82) is 0 Å². The summed E-state index contributed by atoms with van der Waals surface area (Å²) in [5.41, 5.74) is 0. The molecule has 2 fully saturated rings. The van der Waals surface area contributed by atoms with Crippen LogP contribution >= 0.6 is 0 Å². The fraction of sp³-hybridized carbons (Fsp3) is 0.647. The number of likely N-dealkylation sites (tertiary alicyclic amines) is 1. The summed E-state index contributed by atoms with van der Waals surface area (Å²) >= 11 is 0. The van der Waals surface area contributed by atoms with Crippen LogP contribution in [0.15, 0.2) is 29.2 Å². The van der Waals surface area contributed by atoms with Gasteiger partial charge in [0, 0.05) is 6.54 Å². The molecule has 2 aliphatic heterocycles. The first-order valence-electron chi connectivity index (χ1n) is 8.65. The lowest BCUT2D eigenvalue weighted by molar-refractivity contribution is 0.00897. The molecule has 0 amide bonds. The van der Waals surface area contributed by atoms with Gasteiger partial charge in [0.2, 0.25) is 10.0 Å². The van der Waals surface area contributed by atoms with E-state index in [2.05, 4.69) is 16.5 Å². The van der Waals surface area contributed by atoms with Crippen molar-refractivity contribution in [3.05, 3.63) is 30.1 Å². The number of benzene rings is 1. The van der Waals surface area contributed by atoms with Crippen molar-refractivity contribution in [3.63, 3.8) is 0 Å². The van der Waals surface area contributed by atoms with Crippen LogP contribution in [0.5, 0.6) is 0 Å². The molecule has 3 atom stereocenters. The summed E-state index contributed by atoms with van der Waals surface area (Å²) in [6, 6.07) is 4.06. The summed E-state index contributed by atoms with van der Waals surface area (Å²) in [6.07, 6.45) is 0.896. The number of halogens is 1. The van der Waals surface area contributed by atoms with Gasteiger partial charge in [0.05, 0.1) is 29.8 Å². The number of hydrogen-bond donors (Lipinski definition) is 2. The maximum atomic E-state index is 13.3. The second-order valence-electron chi connectivity index (χ2n) is 7.03. The van der Waals surface area contributed by atoms with Gasteiger partial charge in [-0.3, -0.25) is 0 Å². The molecule has 8 heteroatoms. The fourth-order valence-corrected chi connectivity index (χ4v) is 4.62. The molecule has 0 unspecified atom stereocenters. The van der Waals surface area contributed by atoms with Crippen molar-refractivity contribution in [1.82, 2.24) is 9.62 Å². The van der Waals surface area contributed by atoms with Gasteiger partial charge in [0.25, 0.3) is 0 Å². The molecule has 0 radical (unpaired) electrons. The Balaban J connectivity index is 1.59. The Bertz CT molecular complexity index is 692. The van der Waals surface area contributed by atoms with E-state index in [0.717, 1.165) is 37.9 Å².